The van der Waals surface area contributed by atoms with Crippen molar-refractivity contribution in [1.82, 2.24) is 0 Å². The van der Waals surface area contributed by atoms with Gasteiger partial charge in [-0.15, -0.1) is 0 Å². The quantitative estimate of drug-likeness (QED) is 0.922. The first-order valence-electron chi connectivity index (χ1n) is 5.85. The number of rotatable bonds is 4. The Labute approximate surface area is 120 Å². The van der Waals surface area contributed by atoms with Gasteiger partial charge in [-0.2, -0.15) is 0 Å². The predicted octanol–water partition coefficient (Wildman–Crippen LogP) is 4.05. The molecule has 2 rings (SSSR count). The fourth-order valence-corrected chi connectivity index (χ4v) is 2.06. The van der Waals surface area contributed by atoms with Gasteiger partial charge in [-0.3, -0.25) is 0 Å². The summed E-state index contributed by atoms with van der Waals surface area (Å²) in [5, 5.41) is 9.62. The molecule has 0 amide bonds. The van der Waals surface area contributed by atoms with Gasteiger partial charge in [0.15, 0.2) is 0 Å². The van der Waals surface area contributed by atoms with E-state index in [0.717, 1.165) is 21.3 Å². The zero-order valence-corrected chi connectivity index (χ0v) is 12.4. The Balaban J connectivity index is 2.16. The largest absolute Gasteiger partial charge is 0.508 e. The molecule has 0 atom stereocenters. The van der Waals surface area contributed by atoms with Gasteiger partial charge < -0.3 is 14.6 Å². The van der Waals surface area contributed by atoms with Gasteiger partial charge in [-0.05, 0) is 37.3 Å². The number of methoxy groups -OCH3 is 1. The molecular weight excluding hydrogens is 308 g/mol. The van der Waals surface area contributed by atoms with Crippen molar-refractivity contribution in [3.05, 3.63) is 52.0 Å². The lowest BCUT2D eigenvalue weighted by molar-refractivity contribution is 0.300. The first kappa shape index (κ1) is 13.7. The van der Waals surface area contributed by atoms with Gasteiger partial charge in [-0.25, -0.2) is 0 Å². The monoisotopic (exact) mass is 322 g/mol. The number of halogens is 1. The maximum Gasteiger partial charge on any atom is 0.126 e. The van der Waals surface area contributed by atoms with Crippen molar-refractivity contribution in [2.45, 2.75) is 13.5 Å². The van der Waals surface area contributed by atoms with E-state index in [0.29, 0.717) is 12.4 Å². The molecule has 3 nitrogen and oxygen atoms in total. The molecule has 0 bridgehead atoms. The number of ether oxygens (including phenoxy) is 2. The second kappa shape index (κ2) is 5.97. The van der Waals surface area contributed by atoms with Crippen LogP contribution in [0.5, 0.6) is 17.2 Å². The molecule has 0 saturated heterocycles. The highest BCUT2D eigenvalue weighted by Gasteiger charge is 2.07. The van der Waals surface area contributed by atoms with E-state index in [1.807, 2.05) is 31.2 Å². The van der Waals surface area contributed by atoms with E-state index in [1.165, 1.54) is 0 Å². The molecule has 0 aliphatic rings. The van der Waals surface area contributed by atoms with E-state index in [4.69, 9.17) is 9.47 Å². The Kier molecular flexibility index (Phi) is 4.32. The van der Waals surface area contributed by atoms with Crippen LogP contribution in [0.15, 0.2) is 40.9 Å². The van der Waals surface area contributed by atoms with Crippen LogP contribution in [0.3, 0.4) is 0 Å². The molecule has 0 unspecified atom stereocenters. The van der Waals surface area contributed by atoms with E-state index in [1.54, 1.807) is 19.2 Å². The Morgan fingerprint density at radius 3 is 2.74 bits per heavy atom. The van der Waals surface area contributed by atoms with E-state index >= 15 is 0 Å². The number of benzene rings is 2. The summed E-state index contributed by atoms with van der Waals surface area (Å²) in [4.78, 5) is 0. The van der Waals surface area contributed by atoms with Crippen LogP contribution in [0.2, 0.25) is 0 Å². The molecule has 0 spiro atoms. The van der Waals surface area contributed by atoms with E-state index in [-0.39, 0.29) is 5.75 Å². The van der Waals surface area contributed by atoms with Gasteiger partial charge in [-0.1, -0.05) is 22.0 Å². The van der Waals surface area contributed by atoms with Crippen molar-refractivity contribution < 1.29 is 14.6 Å². The lowest BCUT2D eigenvalue weighted by Crippen LogP contribution is -1.98. The van der Waals surface area contributed by atoms with Gasteiger partial charge in [0.05, 0.1) is 7.11 Å². The molecule has 0 fully saturated rings. The smallest absolute Gasteiger partial charge is 0.126 e. The second-order valence-corrected chi connectivity index (χ2v) is 5.00. The Hall–Kier alpha value is -1.68. The average Bonchev–Trinajstić information content (AvgIpc) is 2.42. The SMILES string of the molecule is COc1ccc(Br)c(COc2cccc(O)c2C)c1. The minimum absolute atomic E-state index is 0.238. The van der Waals surface area contributed by atoms with Crippen LogP contribution in [0.25, 0.3) is 0 Å². The lowest BCUT2D eigenvalue weighted by atomic mass is 10.2. The molecule has 100 valence electrons. The van der Waals surface area contributed by atoms with Gasteiger partial charge in [0, 0.05) is 15.6 Å². The summed E-state index contributed by atoms with van der Waals surface area (Å²) in [5.74, 6) is 1.70. The van der Waals surface area contributed by atoms with Crippen LogP contribution < -0.4 is 9.47 Å². The predicted molar refractivity (Wildman–Crippen MR) is 77.9 cm³/mol. The third kappa shape index (κ3) is 3.20. The number of hydrogen-bond acceptors (Lipinski definition) is 3. The first-order chi connectivity index (χ1) is 9.11. The van der Waals surface area contributed by atoms with Crippen LogP contribution in [-0.2, 0) is 6.61 Å². The lowest BCUT2D eigenvalue weighted by Gasteiger charge is -2.12. The van der Waals surface area contributed by atoms with Crippen molar-refractivity contribution >= 4 is 15.9 Å². The molecule has 0 aromatic heterocycles. The van der Waals surface area contributed by atoms with Crippen LogP contribution in [-0.4, -0.2) is 12.2 Å². The first-order valence-corrected chi connectivity index (χ1v) is 6.65. The highest BCUT2D eigenvalue weighted by Crippen LogP contribution is 2.28. The minimum Gasteiger partial charge on any atom is -0.508 e. The molecular formula is C15H15BrO3. The maximum absolute atomic E-state index is 9.62. The van der Waals surface area contributed by atoms with Crippen LogP contribution in [0.1, 0.15) is 11.1 Å². The van der Waals surface area contributed by atoms with Gasteiger partial charge in [0.1, 0.15) is 23.9 Å². The third-order valence-corrected chi connectivity index (χ3v) is 3.67. The highest BCUT2D eigenvalue weighted by molar-refractivity contribution is 9.10. The topological polar surface area (TPSA) is 38.7 Å². The van der Waals surface area contributed by atoms with Crippen molar-refractivity contribution in [3.8, 4) is 17.2 Å². The number of aromatic hydroxyl groups is 1. The standard InChI is InChI=1S/C15H15BrO3/c1-10-14(17)4-3-5-15(10)19-9-11-8-12(18-2)6-7-13(11)16/h3-8,17H,9H2,1-2H3. The van der Waals surface area contributed by atoms with Crippen molar-refractivity contribution in [1.29, 1.82) is 0 Å². The molecule has 1 N–H and O–H groups in total. The Morgan fingerprint density at radius 1 is 1.21 bits per heavy atom. The molecule has 4 heteroatoms. The van der Waals surface area contributed by atoms with E-state index in [9.17, 15) is 5.11 Å². The molecule has 2 aromatic rings. The van der Waals surface area contributed by atoms with Crippen LogP contribution >= 0.6 is 15.9 Å². The molecule has 0 heterocycles. The second-order valence-electron chi connectivity index (χ2n) is 4.15. The summed E-state index contributed by atoms with van der Waals surface area (Å²) in [7, 11) is 1.63. The fourth-order valence-electron chi connectivity index (χ4n) is 1.70. The summed E-state index contributed by atoms with van der Waals surface area (Å²) in [6.45, 7) is 2.23. The molecule has 0 aliphatic carbocycles. The summed E-state index contributed by atoms with van der Waals surface area (Å²) in [6, 6.07) is 11.0. The van der Waals surface area contributed by atoms with Crippen molar-refractivity contribution in [2.24, 2.45) is 0 Å². The highest BCUT2D eigenvalue weighted by atomic mass is 79.9. The van der Waals surface area contributed by atoms with Gasteiger partial charge in [0.2, 0.25) is 0 Å². The number of phenols is 1. The Morgan fingerprint density at radius 2 is 2.00 bits per heavy atom. The summed E-state index contributed by atoms with van der Waals surface area (Å²) >= 11 is 3.48. The zero-order valence-electron chi connectivity index (χ0n) is 10.8. The molecule has 2 aromatic carbocycles. The van der Waals surface area contributed by atoms with Crippen LogP contribution in [0.4, 0.5) is 0 Å². The van der Waals surface area contributed by atoms with Gasteiger partial charge in [0.25, 0.3) is 0 Å². The number of hydrogen-bond donors (Lipinski definition) is 1. The van der Waals surface area contributed by atoms with Crippen LogP contribution in [0, 0.1) is 6.92 Å². The zero-order chi connectivity index (χ0) is 13.8. The molecule has 19 heavy (non-hydrogen) atoms. The van der Waals surface area contributed by atoms with E-state index in [2.05, 4.69) is 15.9 Å². The van der Waals surface area contributed by atoms with Crippen molar-refractivity contribution in [2.75, 3.05) is 7.11 Å². The Bertz CT molecular complexity index is 582. The average molecular weight is 323 g/mol. The summed E-state index contributed by atoms with van der Waals surface area (Å²) < 4.78 is 11.9. The summed E-state index contributed by atoms with van der Waals surface area (Å²) in [6.07, 6.45) is 0. The van der Waals surface area contributed by atoms with Gasteiger partial charge >= 0.3 is 0 Å². The fraction of sp³-hybridized carbons (Fsp3) is 0.200. The molecule has 0 aliphatic heterocycles. The molecule has 0 saturated carbocycles. The minimum atomic E-state index is 0.238. The normalized spacial score (nSPS) is 10.3. The van der Waals surface area contributed by atoms with Crippen molar-refractivity contribution in [3.63, 3.8) is 0 Å². The van der Waals surface area contributed by atoms with E-state index < -0.39 is 0 Å². The number of phenolic OH excluding ortho intramolecular Hbond substituents is 1. The third-order valence-electron chi connectivity index (χ3n) is 2.89. The maximum atomic E-state index is 9.62. The molecule has 0 radical (unpaired) electrons. The summed E-state index contributed by atoms with van der Waals surface area (Å²) in [5.41, 5.74) is 1.73.